The highest BCUT2D eigenvalue weighted by Crippen LogP contribution is 2.28. The van der Waals surface area contributed by atoms with Gasteiger partial charge in [0, 0.05) is 21.8 Å². The first-order valence-corrected chi connectivity index (χ1v) is 9.12. The number of aryl methyl sites for hydroxylation is 2. The molecule has 4 nitrogen and oxygen atoms in total. The Labute approximate surface area is 166 Å². The van der Waals surface area contributed by atoms with Crippen LogP contribution >= 0.6 is 15.9 Å². The Balaban J connectivity index is 1.84. The van der Waals surface area contributed by atoms with Crippen molar-refractivity contribution in [3.8, 4) is 17.4 Å². The topological polar surface area (TPSA) is 66.0 Å². The largest absolute Gasteiger partial charge is 0.457 e. The zero-order chi connectivity index (χ0) is 19.4. The van der Waals surface area contributed by atoms with Crippen LogP contribution in [-0.2, 0) is 4.79 Å². The van der Waals surface area contributed by atoms with Crippen LogP contribution in [0.5, 0.6) is 0 Å². The molecule has 0 fully saturated rings. The third-order valence-corrected chi connectivity index (χ3v) is 4.62. The summed E-state index contributed by atoms with van der Waals surface area (Å²) in [6, 6.07) is 18.8. The predicted molar refractivity (Wildman–Crippen MR) is 110 cm³/mol. The van der Waals surface area contributed by atoms with Gasteiger partial charge in [-0.15, -0.1) is 0 Å². The summed E-state index contributed by atoms with van der Waals surface area (Å²) in [5.41, 5.74) is 3.60. The minimum absolute atomic E-state index is 0.0216. The Bertz CT molecular complexity index is 1070. The van der Waals surface area contributed by atoms with E-state index in [9.17, 15) is 10.1 Å². The SMILES string of the molecule is Cc1ccccc1NC(=O)C(C#N)=Cc1ccc(-c2ccc(Br)cc2C)o1. The van der Waals surface area contributed by atoms with Crippen LogP contribution < -0.4 is 5.32 Å². The van der Waals surface area contributed by atoms with Gasteiger partial charge in [0.25, 0.3) is 5.91 Å². The molecule has 27 heavy (non-hydrogen) atoms. The zero-order valence-corrected chi connectivity index (χ0v) is 16.5. The Kier molecular flexibility index (Phi) is 5.58. The second-order valence-corrected chi connectivity index (χ2v) is 7.02. The Morgan fingerprint density at radius 3 is 2.59 bits per heavy atom. The molecule has 0 spiro atoms. The number of carbonyl (C=O) groups excluding carboxylic acids is 1. The van der Waals surface area contributed by atoms with Crippen molar-refractivity contribution in [1.82, 2.24) is 0 Å². The van der Waals surface area contributed by atoms with Gasteiger partial charge in [0.05, 0.1) is 0 Å². The second kappa shape index (κ2) is 8.07. The molecule has 0 unspecified atom stereocenters. The van der Waals surface area contributed by atoms with E-state index in [1.807, 2.05) is 62.4 Å². The fourth-order valence-electron chi connectivity index (χ4n) is 2.67. The molecule has 1 N–H and O–H groups in total. The van der Waals surface area contributed by atoms with Crippen molar-refractivity contribution in [2.75, 3.05) is 5.32 Å². The van der Waals surface area contributed by atoms with Gasteiger partial charge in [0.1, 0.15) is 23.2 Å². The molecule has 0 saturated carbocycles. The van der Waals surface area contributed by atoms with Gasteiger partial charge in [-0.1, -0.05) is 34.1 Å². The van der Waals surface area contributed by atoms with E-state index in [0.717, 1.165) is 21.2 Å². The molecular weight excluding hydrogens is 404 g/mol. The number of para-hydroxylation sites is 1. The highest BCUT2D eigenvalue weighted by Gasteiger charge is 2.13. The summed E-state index contributed by atoms with van der Waals surface area (Å²) >= 11 is 3.44. The van der Waals surface area contributed by atoms with Crippen molar-refractivity contribution >= 4 is 33.6 Å². The van der Waals surface area contributed by atoms with Crippen LogP contribution in [0.15, 0.2) is 69.1 Å². The fourth-order valence-corrected chi connectivity index (χ4v) is 3.15. The number of amides is 1. The van der Waals surface area contributed by atoms with Crippen molar-refractivity contribution in [2.24, 2.45) is 0 Å². The molecule has 1 amide bonds. The van der Waals surface area contributed by atoms with E-state index in [2.05, 4.69) is 21.2 Å². The van der Waals surface area contributed by atoms with Crippen molar-refractivity contribution in [3.63, 3.8) is 0 Å². The van der Waals surface area contributed by atoms with Crippen molar-refractivity contribution < 1.29 is 9.21 Å². The summed E-state index contributed by atoms with van der Waals surface area (Å²) in [7, 11) is 0. The van der Waals surface area contributed by atoms with E-state index < -0.39 is 5.91 Å². The molecule has 3 rings (SSSR count). The number of nitriles is 1. The van der Waals surface area contributed by atoms with Crippen LogP contribution in [0.25, 0.3) is 17.4 Å². The first-order valence-electron chi connectivity index (χ1n) is 8.33. The second-order valence-electron chi connectivity index (χ2n) is 6.10. The molecule has 1 aromatic heterocycles. The minimum Gasteiger partial charge on any atom is -0.457 e. The van der Waals surface area contributed by atoms with Gasteiger partial charge in [-0.3, -0.25) is 4.79 Å². The van der Waals surface area contributed by atoms with E-state index in [1.165, 1.54) is 6.08 Å². The standard InChI is InChI=1S/C22H17BrN2O2/c1-14-5-3-4-6-20(14)25-22(26)16(13-24)12-18-8-10-21(27-18)19-9-7-17(23)11-15(19)2/h3-12H,1-2H3,(H,25,26). The number of nitrogens with one attached hydrogen (secondary N) is 1. The maximum absolute atomic E-state index is 12.4. The number of carbonyl (C=O) groups is 1. The molecule has 2 aromatic carbocycles. The number of halogens is 1. The number of benzene rings is 2. The first-order chi connectivity index (χ1) is 13.0. The molecule has 0 bridgehead atoms. The monoisotopic (exact) mass is 420 g/mol. The van der Waals surface area contributed by atoms with Gasteiger partial charge in [0.2, 0.25) is 0 Å². The summed E-state index contributed by atoms with van der Waals surface area (Å²) in [6.07, 6.45) is 1.45. The van der Waals surface area contributed by atoms with Gasteiger partial charge in [0.15, 0.2) is 0 Å². The summed E-state index contributed by atoms with van der Waals surface area (Å²) in [5.74, 6) is 0.663. The van der Waals surface area contributed by atoms with E-state index in [4.69, 9.17) is 4.42 Å². The molecule has 0 aliphatic heterocycles. The van der Waals surface area contributed by atoms with E-state index in [-0.39, 0.29) is 5.57 Å². The molecule has 0 radical (unpaired) electrons. The van der Waals surface area contributed by atoms with Crippen LogP contribution in [0.3, 0.4) is 0 Å². The number of hydrogen-bond donors (Lipinski definition) is 1. The summed E-state index contributed by atoms with van der Waals surface area (Å²) < 4.78 is 6.82. The predicted octanol–water partition coefficient (Wildman–Crippen LogP) is 5.87. The quantitative estimate of drug-likeness (QED) is 0.423. The fraction of sp³-hybridized carbons (Fsp3) is 0.0909. The van der Waals surface area contributed by atoms with E-state index >= 15 is 0 Å². The van der Waals surface area contributed by atoms with Crippen molar-refractivity contribution in [2.45, 2.75) is 13.8 Å². The smallest absolute Gasteiger partial charge is 0.266 e. The third kappa shape index (κ3) is 4.36. The van der Waals surface area contributed by atoms with Crippen LogP contribution in [0.4, 0.5) is 5.69 Å². The summed E-state index contributed by atoms with van der Waals surface area (Å²) in [6.45, 7) is 3.89. The van der Waals surface area contributed by atoms with Crippen LogP contribution in [0, 0.1) is 25.2 Å². The molecule has 0 aliphatic rings. The number of hydrogen-bond acceptors (Lipinski definition) is 3. The normalized spacial score (nSPS) is 11.1. The third-order valence-electron chi connectivity index (χ3n) is 4.13. The number of rotatable bonds is 4. The van der Waals surface area contributed by atoms with Crippen molar-refractivity contribution in [1.29, 1.82) is 5.26 Å². The molecule has 0 aliphatic carbocycles. The van der Waals surface area contributed by atoms with Gasteiger partial charge >= 0.3 is 0 Å². The maximum Gasteiger partial charge on any atom is 0.266 e. The maximum atomic E-state index is 12.4. The van der Waals surface area contributed by atoms with Crippen LogP contribution in [0.2, 0.25) is 0 Å². The zero-order valence-electron chi connectivity index (χ0n) is 14.9. The summed E-state index contributed by atoms with van der Waals surface area (Å²) in [5, 5.41) is 12.1. The van der Waals surface area contributed by atoms with E-state index in [1.54, 1.807) is 12.1 Å². The average Bonchev–Trinajstić information content (AvgIpc) is 3.09. The van der Waals surface area contributed by atoms with Gasteiger partial charge in [-0.05, 0) is 61.4 Å². The molecular formula is C22H17BrN2O2. The van der Waals surface area contributed by atoms with Crippen molar-refractivity contribution in [3.05, 3.63) is 81.5 Å². The lowest BCUT2D eigenvalue weighted by molar-refractivity contribution is -0.112. The lowest BCUT2D eigenvalue weighted by Crippen LogP contribution is -2.14. The van der Waals surface area contributed by atoms with Gasteiger partial charge < -0.3 is 9.73 Å². The lowest BCUT2D eigenvalue weighted by Gasteiger charge is -2.06. The number of nitrogens with zero attached hydrogens (tertiary/aromatic N) is 1. The molecule has 0 atom stereocenters. The Morgan fingerprint density at radius 1 is 1.11 bits per heavy atom. The first kappa shape index (κ1) is 18.7. The Hall–Kier alpha value is -3.10. The highest BCUT2D eigenvalue weighted by molar-refractivity contribution is 9.10. The number of furan rings is 1. The molecule has 134 valence electrons. The number of anilines is 1. The molecule has 5 heteroatoms. The summed E-state index contributed by atoms with van der Waals surface area (Å²) in [4.78, 5) is 12.4. The van der Waals surface area contributed by atoms with Gasteiger partial charge in [-0.25, -0.2) is 0 Å². The molecule has 0 saturated heterocycles. The van der Waals surface area contributed by atoms with Crippen LogP contribution in [0.1, 0.15) is 16.9 Å². The highest BCUT2D eigenvalue weighted by atomic mass is 79.9. The average molecular weight is 421 g/mol. The van der Waals surface area contributed by atoms with Gasteiger partial charge in [-0.2, -0.15) is 5.26 Å². The van der Waals surface area contributed by atoms with Crippen LogP contribution in [-0.4, -0.2) is 5.91 Å². The lowest BCUT2D eigenvalue weighted by atomic mass is 10.1. The molecule has 1 heterocycles. The van der Waals surface area contributed by atoms with E-state index in [0.29, 0.717) is 17.2 Å². The molecule has 3 aromatic rings. The minimum atomic E-state index is -0.468. The Morgan fingerprint density at radius 2 is 1.89 bits per heavy atom.